The van der Waals surface area contributed by atoms with Crippen molar-refractivity contribution in [2.45, 2.75) is 39.8 Å². The van der Waals surface area contributed by atoms with Gasteiger partial charge in [-0.25, -0.2) is 4.39 Å². The summed E-state index contributed by atoms with van der Waals surface area (Å²) in [5.41, 5.74) is 2.15. The van der Waals surface area contributed by atoms with Crippen molar-refractivity contribution in [2.24, 2.45) is 0 Å². The molecule has 0 aliphatic heterocycles. The molecule has 0 aromatic heterocycles. The Hall–Kier alpha value is -0.930. The van der Waals surface area contributed by atoms with Crippen molar-refractivity contribution in [3.8, 4) is 0 Å². The molecule has 0 bridgehead atoms. The summed E-state index contributed by atoms with van der Waals surface area (Å²) in [6.07, 6.45) is 1.30. The molecule has 0 aliphatic rings. The van der Waals surface area contributed by atoms with Crippen LogP contribution in [0.5, 0.6) is 0 Å². The maximum absolute atomic E-state index is 12.9. The minimum absolute atomic E-state index is 0.170. The first-order chi connectivity index (χ1) is 8.09. The van der Waals surface area contributed by atoms with Crippen molar-refractivity contribution < 1.29 is 9.13 Å². The average molecular weight is 239 g/mol. The van der Waals surface area contributed by atoms with Crippen LogP contribution in [0.4, 0.5) is 4.39 Å². The smallest absolute Gasteiger partial charge is 0.123 e. The van der Waals surface area contributed by atoms with E-state index in [-0.39, 0.29) is 5.82 Å². The van der Waals surface area contributed by atoms with Crippen molar-refractivity contribution in [3.05, 3.63) is 35.1 Å². The second-order valence-electron chi connectivity index (χ2n) is 4.52. The van der Waals surface area contributed by atoms with Crippen LogP contribution in [0.15, 0.2) is 18.2 Å². The molecule has 0 saturated heterocycles. The summed E-state index contributed by atoms with van der Waals surface area (Å²) in [6, 6.07) is 4.91. The van der Waals surface area contributed by atoms with Gasteiger partial charge in [0.1, 0.15) is 5.82 Å². The predicted octanol–water partition coefficient (Wildman–Crippen LogP) is 3.04. The quantitative estimate of drug-likeness (QED) is 0.738. The zero-order valence-electron chi connectivity index (χ0n) is 10.9. The SMILES string of the molecule is Cc1cc(F)ccc1CNCCCOC(C)C. The first kappa shape index (κ1) is 14.1. The molecule has 0 unspecified atom stereocenters. The van der Waals surface area contributed by atoms with Crippen LogP contribution in [0.2, 0.25) is 0 Å². The predicted molar refractivity (Wildman–Crippen MR) is 68.5 cm³/mol. The molecule has 0 aliphatic carbocycles. The van der Waals surface area contributed by atoms with Crippen LogP contribution >= 0.6 is 0 Å². The van der Waals surface area contributed by atoms with Gasteiger partial charge in [0, 0.05) is 13.2 Å². The van der Waals surface area contributed by atoms with Gasteiger partial charge >= 0.3 is 0 Å². The van der Waals surface area contributed by atoms with E-state index >= 15 is 0 Å². The molecule has 0 saturated carbocycles. The Morgan fingerprint density at radius 2 is 2.12 bits per heavy atom. The Morgan fingerprint density at radius 1 is 1.35 bits per heavy atom. The number of hydrogen-bond acceptors (Lipinski definition) is 2. The third kappa shape index (κ3) is 5.80. The van der Waals surface area contributed by atoms with E-state index in [0.717, 1.165) is 37.2 Å². The number of aryl methyl sites for hydroxylation is 1. The lowest BCUT2D eigenvalue weighted by Gasteiger charge is -2.09. The standard InChI is InChI=1S/C14H22FNO/c1-11(2)17-8-4-7-16-10-13-5-6-14(15)9-12(13)3/h5-6,9,11,16H,4,7-8,10H2,1-3H3. The Balaban J connectivity index is 2.18. The summed E-state index contributed by atoms with van der Waals surface area (Å²) in [5.74, 6) is -0.170. The van der Waals surface area contributed by atoms with Crippen LogP contribution < -0.4 is 5.32 Å². The van der Waals surface area contributed by atoms with Gasteiger partial charge in [-0.05, 0) is 57.0 Å². The maximum Gasteiger partial charge on any atom is 0.123 e. The zero-order chi connectivity index (χ0) is 12.7. The molecule has 0 radical (unpaired) electrons. The first-order valence-electron chi connectivity index (χ1n) is 6.17. The molecule has 0 spiro atoms. The molecule has 1 aromatic carbocycles. The molecule has 0 amide bonds. The van der Waals surface area contributed by atoms with Gasteiger partial charge in [-0.3, -0.25) is 0 Å². The second-order valence-corrected chi connectivity index (χ2v) is 4.52. The Morgan fingerprint density at radius 3 is 2.76 bits per heavy atom. The van der Waals surface area contributed by atoms with Crippen molar-refractivity contribution in [1.82, 2.24) is 5.32 Å². The molecule has 3 heteroatoms. The molecule has 0 fully saturated rings. The second kappa shape index (κ2) is 7.41. The largest absolute Gasteiger partial charge is 0.379 e. The number of nitrogens with one attached hydrogen (secondary N) is 1. The molecule has 0 heterocycles. The minimum atomic E-state index is -0.170. The van der Waals surface area contributed by atoms with E-state index in [1.165, 1.54) is 6.07 Å². The number of halogens is 1. The van der Waals surface area contributed by atoms with Crippen molar-refractivity contribution in [3.63, 3.8) is 0 Å². The molecular weight excluding hydrogens is 217 g/mol. The van der Waals surface area contributed by atoms with E-state index in [9.17, 15) is 4.39 Å². The highest BCUT2D eigenvalue weighted by Gasteiger charge is 1.99. The normalized spacial score (nSPS) is 11.1. The molecule has 1 aromatic rings. The van der Waals surface area contributed by atoms with Gasteiger partial charge in [0.25, 0.3) is 0 Å². The highest BCUT2D eigenvalue weighted by molar-refractivity contribution is 5.26. The fraction of sp³-hybridized carbons (Fsp3) is 0.571. The Kier molecular flexibility index (Phi) is 6.16. The van der Waals surface area contributed by atoms with Gasteiger partial charge in [-0.2, -0.15) is 0 Å². The van der Waals surface area contributed by atoms with Crippen LogP contribution in [-0.4, -0.2) is 19.3 Å². The van der Waals surface area contributed by atoms with E-state index in [0.29, 0.717) is 6.10 Å². The van der Waals surface area contributed by atoms with E-state index in [2.05, 4.69) is 5.32 Å². The molecule has 1 rings (SSSR count). The monoisotopic (exact) mass is 239 g/mol. The fourth-order valence-electron chi connectivity index (χ4n) is 1.60. The molecule has 0 atom stereocenters. The highest BCUT2D eigenvalue weighted by Crippen LogP contribution is 2.09. The molecular formula is C14H22FNO. The van der Waals surface area contributed by atoms with Gasteiger partial charge < -0.3 is 10.1 Å². The van der Waals surface area contributed by atoms with E-state index in [4.69, 9.17) is 4.74 Å². The number of ether oxygens (including phenoxy) is 1. The van der Waals surface area contributed by atoms with Gasteiger partial charge in [0.15, 0.2) is 0 Å². The molecule has 17 heavy (non-hydrogen) atoms. The Labute approximate surface area is 103 Å². The van der Waals surface area contributed by atoms with Crippen molar-refractivity contribution >= 4 is 0 Å². The number of hydrogen-bond donors (Lipinski definition) is 1. The zero-order valence-corrected chi connectivity index (χ0v) is 10.9. The highest BCUT2D eigenvalue weighted by atomic mass is 19.1. The van der Waals surface area contributed by atoms with Crippen LogP contribution in [0.1, 0.15) is 31.4 Å². The lowest BCUT2D eigenvalue weighted by molar-refractivity contribution is 0.0770. The van der Waals surface area contributed by atoms with E-state index in [1.54, 1.807) is 6.07 Å². The van der Waals surface area contributed by atoms with E-state index < -0.39 is 0 Å². The lowest BCUT2D eigenvalue weighted by Crippen LogP contribution is -2.17. The third-order valence-electron chi connectivity index (χ3n) is 2.57. The van der Waals surface area contributed by atoms with Crippen LogP contribution in [-0.2, 0) is 11.3 Å². The van der Waals surface area contributed by atoms with Crippen molar-refractivity contribution in [2.75, 3.05) is 13.2 Å². The molecule has 1 N–H and O–H groups in total. The molecule has 96 valence electrons. The van der Waals surface area contributed by atoms with Gasteiger partial charge in [0.05, 0.1) is 6.10 Å². The maximum atomic E-state index is 12.9. The summed E-state index contributed by atoms with van der Waals surface area (Å²) in [4.78, 5) is 0. The summed E-state index contributed by atoms with van der Waals surface area (Å²) < 4.78 is 18.3. The van der Waals surface area contributed by atoms with E-state index in [1.807, 2.05) is 26.8 Å². The van der Waals surface area contributed by atoms with Gasteiger partial charge in [-0.1, -0.05) is 6.07 Å². The van der Waals surface area contributed by atoms with Crippen LogP contribution in [0, 0.1) is 12.7 Å². The number of benzene rings is 1. The Bertz CT molecular complexity index is 339. The van der Waals surface area contributed by atoms with Crippen LogP contribution in [0.3, 0.4) is 0 Å². The first-order valence-corrected chi connectivity index (χ1v) is 6.17. The summed E-state index contributed by atoms with van der Waals surface area (Å²) >= 11 is 0. The summed E-state index contributed by atoms with van der Waals surface area (Å²) in [7, 11) is 0. The topological polar surface area (TPSA) is 21.3 Å². The average Bonchev–Trinajstić information content (AvgIpc) is 2.25. The summed E-state index contributed by atoms with van der Waals surface area (Å²) in [6.45, 7) is 8.50. The van der Waals surface area contributed by atoms with Gasteiger partial charge in [-0.15, -0.1) is 0 Å². The third-order valence-corrected chi connectivity index (χ3v) is 2.57. The number of rotatable bonds is 7. The van der Waals surface area contributed by atoms with Crippen molar-refractivity contribution in [1.29, 1.82) is 0 Å². The minimum Gasteiger partial charge on any atom is -0.379 e. The van der Waals surface area contributed by atoms with Crippen LogP contribution in [0.25, 0.3) is 0 Å². The fourth-order valence-corrected chi connectivity index (χ4v) is 1.60. The molecule has 2 nitrogen and oxygen atoms in total. The lowest BCUT2D eigenvalue weighted by atomic mass is 10.1. The van der Waals surface area contributed by atoms with Gasteiger partial charge in [0.2, 0.25) is 0 Å². The summed E-state index contributed by atoms with van der Waals surface area (Å²) in [5, 5.41) is 3.33.